The molecule has 2 N–H and O–H groups in total. The maximum Gasteiger partial charge on any atom is 0.109 e. The summed E-state index contributed by atoms with van der Waals surface area (Å²) in [5, 5.41) is 24.7. The molecular weight excluding hydrogens is 280 g/mol. The highest BCUT2D eigenvalue weighted by molar-refractivity contribution is 6.04. The van der Waals surface area contributed by atoms with Crippen LogP contribution >= 0.6 is 0 Å². The SMILES string of the molecule is CON=C1CCc2cc([C@@H](O)[C@@H](O)c3ccncc3)ccc21. The Hall–Kier alpha value is -2.24. The van der Waals surface area contributed by atoms with Crippen LogP contribution in [0, 0.1) is 0 Å². The first-order valence-corrected chi connectivity index (χ1v) is 7.20. The Balaban J connectivity index is 1.86. The molecule has 2 atom stereocenters. The topological polar surface area (TPSA) is 74.9 Å². The van der Waals surface area contributed by atoms with Crippen molar-refractivity contribution in [2.45, 2.75) is 25.0 Å². The summed E-state index contributed by atoms with van der Waals surface area (Å²) < 4.78 is 0. The third-order valence-electron chi connectivity index (χ3n) is 3.96. The minimum atomic E-state index is -0.977. The first-order chi connectivity index (χ1) is 10.7. The highest BCUT2D eigenvalue weighted by Crippen LogP contribution is 2.32. The molecule has 1 aromatic carbocycles. The smallest absolute Gasteiger partial charge is 0.109 e. The highest BCUT2D eigenvalue weighted by atomic mass is 16.6. The van der Waals surface area contributed by atoms with Gasteiger partial charge in [-0.3, -0.25) is 4.98 Å². The molecular formula is C17H18N2O3. The van der Waals surface area contributed by atoms with Crippen LogP contribution in [-0.4, -0.2) is 28.0 Å². The number of oxime groups is 1. The van der Waals surface area contributed by atoms with Crippen LogP contribution in [0.2, 0.25) is 0 Å². The Kier molecular flexibility index (Phi) is 4.18. The molecule has 0 amide bonds. The molecule has 0 saturated heterocycles. The lowest BCUT2D eigenvalue weighted by molar-refractivity contribution is 0.0171. The maximum absolute atomic E-state index is 10.4. The van der Waals surface area contributed by atoms with Gasteiger partial charge in [-0.15, -0.1) is 0 Å². The maximum atomic E-state index is 10.4. The molecule has 0 aliphatic heterocycles. The second kappa shape index (κ2) is 6.25. The molecule has 0 spiro atoms. The van der Waals surface area contributed by atoms with Crippen molar-refractivity contribution >= 4 is 5.71 Å². The molecule has 0 radical (unpaired) electrons. The average molecular weight is 298 g/mol. The van der Waals surface area contributed by atoms with E-state index in [4.69, 9.17) is 4.84 Å². The van der Waals surface area contributed by atoms with Gasteiger partial charge < -0.3 is 15.1 Å². The number of aliphatic hydroxyl groups is 2. The largest absolute Gasteiger partial charge is 0.399 e. The summed E-state index contributed by atoms with van der Waals surface area (Å²) >= 11 is 0. The third kappa shape index (κ3) is 2.73. The lowest BCUT2D eigenvalue weighted by atomic mass is 9.96. The summed E-state index contributed by atoms with van der Waals surface area (Å²) in [5.41, 5.74) is 4.44. The van der Waals surface area contributed by atoms with Crippen LogP contribution in [0.5, 0.6) is 0 Å². The van der Waals surface area contributed by atoms with Gasteiger partial charge in [0.15, 0.2) is 0 Å². The monoisotopic (exact) mass is 298 g/mol. The Labute approximate surface area is 128 Å². The molecule has 1 aliphatic carbocycles. The molecule has 5 nitrogen and oxygen atoms in total. The number of benzene rings is 1. The van der Waals surface area contributed by atoms with Gasteiger partial charge in [0.1, 0.15) is 19.3 Å². The summed E-state index contributed by atoms with van der Waals surface area (Å²) in [7, 11) is 1.54. The second-order valence-electron chi connectivity index (χ2n) is 5.31. The van der Waals surface area contributed by atoms with E-state index in [1.54, 1.807) is 24.5 Å². The van der Waals surface area contributed by atoms with E-state index in [9.17, 15) is 10.2 Å². The number of aromatic nitrogens is 1. The van der Waals surface area contributed by atoms with Crippen molar-refractivity contribution < 1.29 is 15.1 Å². The molecule has 22 heavy (non-hydrogen) atoms. The van der Waals surface area contributed by atoms with Crippen LogP contribution in [0.1, 0.15) is 40.9 Å². The summed E-state index contributed by atoms with van der Waals surface area (Å²) in [6.45, 7) is 0. The van der Waals surface area contributed by atoms with Gasteiger partial charge in [0.2, 0.25) is 0 Å². The number of fused-ring (bicyclic) bond motifs is 1. The van der Waals surface area contributed by atoms with Crippen molar-refractivity contribution in [1.29, 1.82) is 0 Å². The van der Waals surface area contributed by atoms with Gasteiger partial charge in [-0.2, -0.15) is 0 Å². The number of pyridine rings is 1. The van der Waals surface area contributed by atoms with Gasteiger partial charge in [-0.05, 0) is 41.7 Å². The lowest BCUT2D eigenvalue weighted by Gasteiger charge is -2.19. The van der Waals surface area contributed by atoms with Crippen molar-refractivity contribution in [2.75, 3.05) is 7.11 Å². The summed E-state index contributed by atoms with van der Waals surface area (Å²) in [6, 6.07) is 9.08. The van der Waals surface area contributed by atoms with E-state index in [2.05, 4.69) is 10.1 Å². The predicted octanol–water partition coefficient (Wildman–Crippen LogP) is 2.15. The van der Waals surface area contributed by atoms with Crippen molar-refractivity contribution in [1.82, 2.24) is 4.98 Å². The minimum absolute atomic E-state index is 0.643. The number of hydrogen-bond acceptors (Lipinski definition) is 5. The zero-order valence-electron chi connectivity index (χ0n) is 12.3. The fourth-order valence-corrected chi connectivity index (χ4v) is 2.80. The molecule has 0 unspecified atom stereocenters. The standard InChI is InChI=1S/C17H18N2O3/c1-22-19-15-5-3-12-10-13(2-4-14(12)15)17(21)16(20)11-6-8-18-9-7-11/h2,4,6-10,16-17,20-21H,3,5H2,1H3/t16-,17+/m0/s1. The molecule has 1 heterocycles. The summed E-state index contributed by atoms with van der Waals surface area (Å²) in [4.78, 5) is 8.76. The Morgan fingerprint density at radius 1 is 1.05 bits per heavy atom. The van der Waals surface area contributed by atoms with Crippen LogP contribution in [0.4, 0.5) is 0 Å². The minimum Gasteiger partial charge on any atom is -0.399 e. The van der Waals surface area contributed by atoms with Gasteiger partial charge in [0.05, 0.1) is 5.71 Å². The van der Waals surface area contributed by atoms with Crippen LogP contribution in [0.25, 0.3) is 0 Å². The fraction of sp³-hybridized carbons (Fsp3) is 0.294. The van der Waals surface area contributed by atoms with E-state index in [1.165, 1.54) is 7.11 Å². The van der Waals surface area contributed by atoms with Crippen LogP contribution < -0.4 is 0 Å². The van der Waals surface area contributed by atoms with Gasteiger partial charge in [-0.1, -0.05) is 23.4 Å². The quantitative estimate of drug-likeness (QED) is 0.848. The number of nitrogens with zero attached hydrogens (tertiary/aromatic N) is 2. The number of aliphatic hydroxyl groups excluding tert-OH is 2. The fourth-order valence-electron chi connectivity index (χ4n) is 2.80. The first-order valence-electron chi connectivity index (χ1n) is 7.20. The van der Waals surface area contributed by atoms with Crippen molar-refractivity contribution in [3.63, 3.8) is 0 Å². The van der Waals surface area contributed by atoms with Crippen molar-refractivity contribution in [3.8, 4) is 0 Å². The second-order valence-corrected chi connectivity index (χ2v) is 5.31. The van der Waals surface area contributed by atoms with Crippen LogP contribution in [0.15, 0.2) is 47.9 Å². The molecule has 1 aromatic heterocycles. The van der Waals surface area contributed by atoms with Gasteiger partial charge >= 0.3 is 0 Å². The molecule has 0 fully saturated rings. The van der Waals surface area contributed by atoms with E-state index >= 15 is 0 Å². The van der Waals surface area contributed by atoms with E-state index in [-0.39, 0.29) is 0 Å². The van der Waals surface area contributed by atoms with E-state index in [1.807, 2.05) is 18.2 Å². The summed E-state index contributed by atoms with van der Waals surface area (Å²) in [6.07, 6.45) is 2.94. The van der Waals surface area contributed by atoms with Crippen molar-refractivity contribution in [3.05, 3.63) is 65.0 Å². The Morgan fingerprint density at radius 2 is 1.77 bits per heavy atom. The molecule has 2 aromatic rings. The Bertz CT molecular complexity index is 686. The van der Waals surface area contributed by atoms with E-state index < -0.39 is 12.2 Å². The van der Waals surface area contributed by atoms with Crippen LogP contribution in [-0.2, 0) is 11.3 Å². The van der Waals surface area contributed by atoms with E-state index in [0.29, 0.717) is 11.1 Å². The molecule has 0 saturated carbocycles. The third-order valence-corrected chi connectivity index (χ3v) is 3.96. The molecule has 114 valence electrons. The van der Waals surface area contributed by atoms with Gasteiger partial charge in [0.25, 0.3) is 0 Å². The normalized spacial score (nSPS) is 18.0. The average Bonchev–Trinajstić information content (AvgIpc) is 2.97. The number of rotatable bonds is 4. The van der Waals surface area contributed by atoms with Gasteiger partial charge in [0, 0.05) is 18.0 Å². The molecule has 1 aliphatic rings. The Morgan fingerprint density at radius 3 is 2.50 bits per heavy atom. The number of aryl methyl sites for hydroxylation is 1. The molecule has 0 bridgehead atoms. The van der Waals surface area contributed by atoms with Crippen LogP contribution in [0.3, 0.4) is 0 Å². The molecule has 3 rings (SSSR count). The summed E-state index contributed by atoms with van der Waals surface area (Å²) in [5.74, 6) is 0. The number of hydrogen-bond donors (Lipinski definition) is 2. The molecule has 5 heteroatoms. The predicted molar refractivity (Wildman–Crippen MR) is 82.5 cm³/mol. The van der Waals surface area contributed by atoms with Crippen molar-refractivity contribution in [2.24, 2.45) is 5.16 Å². The zero-order chi connectivity index (χ0) is 15.5. The highest BCUT2D eigenvalue weighted by Gasteiger charge is 2.24. The lowest BCUT2D eigenvalue weighted by Crippen LogP contribution is -2.11. The zero-order valence-corrected chi connectivity index (χ0v) is 12.3. The van der Waals surface area contributed by atoms with E-state index in [0.717, 1.165) is 29.7 Å². The van der Waals surface area contributed by atoms with Gasteiger partial charge in [-0.25, -0.2) is 0 Å². The first kappa shape index (κ1) is 14.7.